The fraction of sp³-hybridized carbons (Fsp3) is 0.667. The molecule has 0 atom stereocenters. The first-order valence-corrected chi connectivity index (χ1v) is 7.02. The van der Waals surface area contributed by atoms with Crippen LogP contribution in [-0.2, 0) is 6.54 Å². The SMILES string of the molecule is Cc1cnccc1CNCC1(O)CCCCCC1. The van der Waals surface area contributed by atoms with E-state index in [-0.39, 0.29) is 0 Å². The molecule has 1 aliphatic carbocycles. The van der Waals surface area contributed by atoms with Gasteiger partial charge in [0.05, 0.1) is 5.60 Å². The lowest BCUT2D eigenvalue weighted by Crippen LogP contribution is -2.40. The lowest BCUT2D eigenvalue weighted by Gasteiger charge is -2.27. The van der Waals surface area contributed by atoms with Gasteiger partial charge in [0.1, 0.15) is 0 Å². The predicted molar refractivity (Wildman–Crippen MR) is 73.3 cm³/mol. The van der Waals surface area contributed by atoms with Crippen LogP contribution < -0.4 is 5.32 Å². The van der Waals surface area contributed by atoms with Gasteiger partial charge in [-0.15, -0.1) is 0 Å². The summed E-state index contributed by atoms with van der Waals surface area (Å²) in [6.07, 6.45) is 10.4. The molecule has 18 heavy (non-hydrogen) atoms. The first kappa shape index (κ1) is 13.5. The van der Waals surface area contributed by atoms with E-state index in [0.717, 1.165) is 32.2 Å². The van der Waals surface area contributed by atoms with Gasteiger partial charge in [0.2, 0.25) is 0 Å². The summed E-state index contributed by atoms with van der Waals surface area (Å²) in [5.41, 5.74) is 1.98. The molecule has 1 aromatic heterocycles. The number of hydrogen-bond acceptors (Lipinski definition) is 3. The van der Waals surface area contributed by atoms with E-state index < -0.39 is 5.60 Å². The molecule has 2 N–H and O–H groups in total. The first-order valence-electron chi connectivity index (χ1n) is 7.02. The van der Waals surface area contributed by atoms with Gasteiger partial charge in [-0.3, -0.25) is 4.98 Å². The Morgan fingerprint density at radius 2 is 2.00 bits per heavy atom. The molecule has 1 aromatic rings. The third-order valence-corrected chi connectivity index (χ3v) is 3.94. The number of hydrogen-bond donors (Lipinski definition) is 2. The molecule has 0 aliphatic heterocycles. The monoisotopic (exact) mass is 248 g/mol. The van der Waals surface area contributed by atoms with E-state index in [1.807, 2.05) is 18.5 Å². The second kappa shape index (κ2) is 6.30. The standard InChI is InChI=1S/C15H24N2O/c1-13-10-16-9-6-14(13)11-17-12-15(18)7-4-2-3-5-8-15/h6,9-10,17-18H,2-5,7-8,11-12H2,1H3. The molecule has 0 amide bonds. The average Bonchev–Trinajstić information content (AvgIpc) is 2.57. The average molecular weight is 248 g/mol. The lowest BCUT2D eigenvalue weighted by atomic mass is 9.94. The Bertz CT molecular complexity index is 371. The molecule has 0 unspecified atom stereocenters. The Morgan fingerprint density at radius 3 is 2.67 bits per heavy atom. The highest BCUT2D eigenvalue weighted by molar-refractivity contribution is 5.21. The van der Waals surface area contributed by atoms with Gasteiger partial charge in [0.15, 0.2) is 0 Å². The van der Waals surface area contributed by atoms with Crippen molar-refractivity contribution in [3.05, 3.63) is 29.6 Å². The van der Waals surface area contributed by atoms with Crippen LogP contribution in [-0.4, -0.2) is 22.2 Å². The van der Waals surface area contributed by atoms with E-state index in [0.29, 0.717) is 6.54 Å². The summed E-state index contributed by atoms with van der Waals surface area (Å²) in [6, 6.07) is 2.04. The van der Waals surface area contributed by atoms with Crippen LogP contribution in [0.5, 0.6) is 0 Å². The molecule has 0 spiro atoms. The maximum absolute atomic E-state index is 10.5. The zero-order chi connectivity index (χ0) is 12.8. The lowest BCUT2D eigenvalue weighted by molar-refractivity contribution is 0.0250. The minimum absolute atomic E-state index is 0.489. The Labute approximate surface area is 110 Å². The van der Waals surface area contributed by atoms with Crippen molar-refractivity contribution in [1.82, 2.24) is 10.3 Å². The minimum Gasteiger partial charge on any atom is -0.389 e. The maximum atomic E-state index is 10.5. The molecule has 1 saturated carbocycles. The van der Waals surface area contributed by atoms with Gasteiger partial charge in [-0.2, -0.15) is 0 Å². The number of rotatable bonds is 4. The molecular weight excluding hydrogens is 224 g/mol. The first-order chi connectivity index (χ1) is 8.70. The van der Waals surface area contributed by atoms with Gasteiger partial charge in [-0.25, -0.2) is 0 Å². The summed E-state index contributed by atoms with van der Waals surface area (Å²) in [6.45, 7) is 3.59. The topological polar surface area (TPSA) is 45.2 Å². The third-order valence-electron chi connectivity index (χ3n) is 3.94. The van der Waals surface area contributed by atoms with E-state index >= 15 is 0 Å². The molecule has 3 nitrogen and oxygen atoms in total. The zero-order valence-corrected chi connectivity index (χ0v) is 11.3. The van der Waals surface area contributed by atoms with E-state index in [4.69, 9.17) is 0 Å². The summed E-state index contributed by atoms with van der Waals surface area (Å²) >= 11 is 0. The second-order valence-electron chi connectivity index (χ2n) is 5.54. The van der Waals surface area contributed by atoms with E-state index in [1.165, 1.54) is 24.0 Å². The smallest absolute Gasteiger partial charge is 0.0771 e. The number of aromatic nitrogens is 1. The van der Waals surface area contributed by atoms with Crippen molar-refractivity contribution in [3.63, 3.8) is 0 Å². The van der Waals surface area contributed by atoms with E-state index in [1.54, 1.807) is 0 Å². The Kier molecular flexibility index (Phi) is 4.72. The van der Waals surface area contributed by atoms with Gasteiger partial charge < -0.3 is 10.4 Å². The molecule has 0 saturated heterocycles. The van der Waals surface area contributed by atoms with Crippen molar-refractivity contribution in [2.75, 3.05) is 6.54 Å². The quantitative estimate of drug-likeness (QED) is 0.805. The molecule has 0 radical (unpaired) electrons. The molecular formula is C15H24N2O. The van der Waals surface area contributed by atoms with Crippen molar-refractivity contribution in [3.8, 4) is 0 Å². The Morgan fingerprint density at radius 1 is 1.28 bits per heavy atom. The highest BCUT2D eigenvalue weighted by Crippen LogP contribution is 2.26. The number of pyridine rings is 1. The number of nitrogens with zero attached hydrogens (tertiary/aromatic N) is 1. The molecule has 1 heterocycles. The van der Waals surface area contributed by atoms with Crippen LogP contribution in [0.25, 0.3) is 0 Å². The van der Waals surface area contributed by atoms with Gasteiger partial charge in [0.25, 0.3) is 0 Å². The van der Waals surface area contributed by atoms with Gasteiger partial charge in [-0.05, 0) is 37.0 Å². The normalized spacial score (nSPS) is 19.4. The van der Waals surface area contributed by atoms with Gasteiger partial charge in [0, 0.05) is 25.5 Å². The second-order valence-corrected chi connectivity index (χ2v) is 5.54. The number of aryl methyl sites for hydroxylation is 1. The Balaban J connectivity index is 1.82. The highest BCUT2D eigenvalue weighted by atomic mass is 16.3. The van der Waals surface area contributed by atoms with Crippen LogP contribution >= 0.6 is 0 Å². The third kappa shape index (κ3) is 3.79. The van der Waals surface area contributed by atoms with Gasteiger partial charge >= 0.3 is 0 Å². The predicted octanol–water partition coefficient (Wildman–Crippen LogP) is 2.56. The largest absolute Gasteiger partial charge is 0.389 e. The molecule has 1 aliphatic rings. The maximum Gasteiger partial charge on any atom is 0.0771 e. The summed E-state index contributed by atoms with van der Waals surface area (Å²) in [4.78, 5) is 4.09. The van der Waals surface area contributed by atoms with Crippen molar-refractivity contribution in [2.24, 2.45) is 0 Å². The van der Waals surface area contributed by atoms with Crippen molar-refractivity contribution in [2.45, 2.75) is 57.6 Å². The van der Waals surface area contributed by atoms with Gasteiger partial charge in [-0.1, -0.05) is 25.7 Å². The van der Waals surface area contributed by atoms with Crippen LogP contribution in [0.4, 0.5) is 0 Å². The fourth-order valence-corrected chi connectivity index (χ4v) is 2.69. The van der Waals surface area contributed by atoms with Crippen molar-refractivity contribution >= 4 is 0 Å². The minimum atomic E-state index is -0.489. The summed E-state index contributed by atoms with van der Waals surface area (Å²) < 4.78 is 0. The zero-order valence-electron chi connectivity index (χ0n) is 11.3. The molecule has 100 valence electrons. The van der Waals surface area contributed by atoms with Crippen LogP contribution in [0, 0.1) is 6.92 Å². The molecule has 0 bridgehead atoms. The summed E-state index contributed by atoms with van der Waals surface area (Å²) in [5, 5.41) is 13.9. The highest BCUT2D eigenvalue weighted by Gasteiger charge is 2.27. The summed E-state index contributed by atoms with van der Waals surface area (Å²) in [7, 11) is 0. The molecule has 3 heteroatoms. The Hall–Kier alpha value is -0.930. The van der Waals surface area contributed by atoms with Crippen LogP contribution in [0.2, 0.25) is 0 Å². The van der Waals surface area contributed by atoms with E-state index in [2.05, 4.69) is 17.2 Å². The molecule has 0 aromatic carbocycles. The number of nitrogens with one attached hydrogen (secondary N) is 1. The van der Waals surface area contributed by atoms with Crippen LogP contribution in [0.15, 0.2) is 18.5 Å². The van der Waals surface area contributed by atoms with Crippen LogP contribution in [0.3, 0.4) is 0 Å². The van der Waals surface area contributed by atoms with Crippen molar-refractivity contribution < 1.29 is 5.11 Å². The van der Waals surface area contributed by atoms with E-state index in [9.17, 15) is 5.11 Å². The number of aliphatic hydroxyl groups is 1. The van der Waals surface area contributed by atoms with Crippen molar-refractivity contribution in [1.29, 1.82) is 0 Å². The molecule has 2 rings (SSSR count). The molecule has 1 fully saturated rings. The summed E-state index contributed by atoms with van der Waals surface area (Å²) in [5.74, 6) is 0. The fourth-order valence-electron chi connectivity index (χ4n) is 2.69. The van der Waals surface area contributed by atoms with Crippen LogP contribution in [0.1, 0.15) is 49.7 Å².